The van der Waals surface area contributed by atoms with Crippen molar-refractivity contribution < 1.29 is 9.22 Å². The Morgan fingerprint density at radius 3 is 1.88 bits per heavy atom. The Morgan fingerprint density at radius 1 is 0.962 bits per heavy atom. The predicted octanol–water partition coefficient (Wildman–Crippen LogP) is 7.13. The van der Waals surface area contributed by atoms with Gasteiger partial charge in [-0.15, -0.1) is 0 Å². The van der Waals surface area contributed by atoms with Gasteiger partial charge in [0.15, 0.2) is 14.1 Å². The van der Waals surface area contributed by atoms with Crippen LogP contribution >= 0.6 is 0 Å². The average Bonchev–Trinajstić information content (AvgIpc) is 2.56. The Bertz CT molecular complexity index is 563. The number of benzene rings is 1. The molecule has 0 spiro atoms. The highest BCUT2D eigenvalue weighted by atomic mass is 28.4. The normalized spacial score (nSPS) is 14.0. The largest absolute Gasteiger partial charge is 0.416 e. The number of rotatable bonds is 10. The fraction of sp³-hybridized carbons (Fsp3) is 0.609. The van der Waals surface area contributed by atoms with E-state index < -0.39 is 8.32 Å². The lowest BCUT2D eigenvalue weighted by Gasteiger charge is -2.42. The molecule has 0 saturated carbocycles. The van der Waals surface area contributed by atoms with Crippen LogP contribution < -0.4 is 0 Å². The summed E-state index contributed by atoms with van der Waals surface area (Å²) in [5, 5.41) is 0. The Morgan fingerprint density at radius 2 is 1.46 bits per heavy atom. The molecule has 0 amide bonds. The molecule has 0 aliphatic carbocycles. The molecule has 1 atom stereocenters. The van der Waals surface area contributed by atoms with E-state index in [0.29, 0.717) is 22.5 Å². The lowest BCUT2D eigenvalue weighted by atomic mass is 9.98. The molecule has 0 unspecified atom stereocenters. The van der Waals surface area contributed by atoms with Crippen LogP contribution in [0.5, 0.6) is 0 Å². The number of ketones is 1. The van der Waals surface area contributed by atoms with Gasteiger partial charge in [-0.05, 0) is 41.4 Å². The molecule has 0 aromatic heterocycles. The van der Waals surface area contributed by atoms with Gasteiger partial charge in [0.05, 0.1) is 0 Å². The Labute approximate surface area is 162 Å². The zero-order valence-corrected chi connectivity index (χ0v) is 19.0. The first-order valence-corrected chi connectivity index (χ1v) is 12.2. The SMILES string of the molecule is CC(=O)c1ccc([C@@H](C)/C=C/CCO[Si](C(C)C)(C(C)C)C(C)C)cc1. The van der Waals surface area contributed by atoms with E-state index in [4.69, 9.17) is 4.43 Å². The molecular weight excluding hydrogens is 336 g/mol. The third-order valence-electron chi connectivity index (χ3n) is 5.61. The van der Waals surface area contributed by atoms with Crippen LogP contribution in [-0.2, 0) is 4.43 Å². The monoisotopic (exact) mass is 374 g/mol. The van der Waals surface area contributed by atoms with Gasteiger partial charge in [0, 0.05) is 12.2 Å². The fourth-order valence-electron chi connectivity index (χ4n) is 4.24. The smallest absolute Gasteiger partial charge is 0.200 e. The van der Waals surface area contributed by atoms with Gasteiger partial charge in [0.2, 0.25) is 0 Å². The van der Waals surface area contributed by atoms with Gasteiger partial charge in [-0.2, -0.15) is 0 Å². The summed E-state index contributed by atoms with van der Waals surface area (Å²) in [4.78, 5) is 11.4. The first-order valence-electron chi connectivity index (χ1n) is 10.0. The molecule has 0 fully saturated rings. The third kappa shape index (κ3) is 5.65. The lowest BCUT2D eigenvalue weighted by molar-refractivity contribution is 0.101. The Kier molecular flexibility index (Phi) is 8.98. The molecule has 0 aliphatic heterocycles. The minimum atomic E-state index is -1.75. The highest BCUT2D eigenvalue weighted by molar-refractivity contribution is 6.77. The Balaban J connectivity index is 2.61. The summed E-state index contributed by atoms with van der Waals surface area (Å²) < 4.78 is 6.59. The molecule has 1 rings (SSSR count). The van der Waals surface area contributed by atoms with E-state index in [1.807, 2.05) is 12.1 Å². The molecule has 0 N–H and O–H groups in total. The molecule has 0 radical (unpaired) electrons. The number of carbonyl (C=O) groups is 1. The number of allylic oxidation sites excluding steroid dienone is 1. The number of Topliss-reactive ketones (excluding diaryl/α,β-unsaturated/α-hetero) is 1. The maximum Gasteiger partial charge on any atom is 0.200 e. The molecular formula is C23H38O2Si. The second-order valence-corrected chi connectivity index (χ2v) is 13.8. The summed E-state index contributed by atoms with van der Waals surface area (Å²) in [6.07, 6.45) is 5.44. The topological polar surface area (TPSA) is 26.3 Å². The van der Waals surface area contributed by atoms with E-state index in [2.05, 4.69) is 72.8 Å². The van der Waals surface area contributed by atoms with E-state index in [1.54, 1.807) is 6.92 Å². The van der Waals surface area contributed by atoms with Crippen LogP contribution in [0.4, 0.5) is 0 Å². The van der Waals surface area contributed by atoms with Crippen LogP contribution in [0.25, 0.3) is 0 Å². The summed E-state index contributed by atoms with van der Waals surface area (Å²) in [7, 11) is -1.75. The molecule has 2 nitrogen and oxygen atoms in total. The first kappa shape index (κ1) is 22.8. The molecule has 0 saturated heterocycles. The van der Waals surface area contributed by atoms with Crippen molar-refractivity contribution in [2.45, 2.75) is 84.4 Å². The molecule has 0 bridgehead atoms. The van der Waals surface area contributed by atoms with E-state index in [1.165, 1.54) is 5.56 Å². The zero-order valence-electron chi connectivity index (χ0n) is 18.0. The lowest BCUT2D eigenvalue weighted by Crippen LogP contribution is -2.47. The van der Waals surface area contributed by atoms with Crippen LogP contribution in [0, 0.1) is 0 Å². The summed E-state index contributed by atoms with van der Waals surface area (Å²) in [5.74, 6) is 0.461. The van der Waals surface area contributed by atoms with Crippen LogP contribution in [-0.4, -0.2) is 20.7 Å². The van der Waals surface area contributed by atoms with Crippen LogP contribution in [0.1, 0.15) is 83.7 Å². The van der Waals surface area contributed by atoms with Gasteiger partial charge in [0.1, 0.15) is 0 Å². The van der Waals surface area contributed by atoms with Crippen molar-refractivity contribution in [3.8, 4) is 0 Å². The second-order valence-electron chi connectivity index (χ2n) is 8.35. The van der Waals surface area contributed by atoms with Crippen molar-refractivity contribution in [2.24, 2.45) is 0 Å². The van der Waals surface area contributed by atoms with Gasteiger partial charge in [0.25, 0.3) is 0 Å². The average molecular weight is 375 g/mol. The van der Waals surface area contributed by atoms with Gasteiger partial charge in [-0.3, -0.25) is 4.79 Å². The molecule has 146 valence electrons. The minimum absolute atomic E-state index is 0.116. The molecule has 3 heteroatoms. The van der Waals surface area contributed by atoms with Crippen molar-refractivity contribution in [1.82, 2.24) is 0 Å². The van der Waals surface area contributed by atoms with E-state index >= 15 is 0 Å². The van der Waals surface area contributed by atoms with Gasteiger partial charge in [-0.1, -0.05) is 84.9 Å². The van der Waals surface area contributed by atoms with E-state index in [9.17, 15) is 4.79 Å². The highest BCUT2D eigenvalue weighted by Gasteiger charge is 2.44. The minimum Gasteiger partial charge on any atom is -0.416 e. The third-order valence-corrected chi connectivity index (χ3v) is 11.7. The molecule has 0 heterocycles. The van der Waals surface area contributed by atoms with Crippen LogP contribution in [0.2, 0.25) is 16.6 Å². The summed E-state index contributed by atoms with van der Waals surface area (Å²) in [6, 6.07) is 7.94. The van der Waals surface area contributed by atoms with E-state index in [-0.39, 0.29) is 5.78 Å². The quantitative estimate of drug-likeness (QED) is 0.188. The number of carbonyl (C=O) groups excluding carboxylic acids is 1. The standard InChI is InChI=1S/C23H38O2Si/c1-17(2)26(18(3)4,19(5)6)25-16-10-9-11-20(7)22-12-14-23(15-13-22)21(8)24/h9,11-15,17-20H,10,16H2,1-8H3/b11-9+/t20-/m0/s1. The predicted molar refractivity (Wildman–Crippen MR) is 116 cm³/mol. The number of hydrogen-bond acceptors (Lipinski definition) is 2. The highest BCUT2D eigenvalue weighted by Crippen LogP contribution is 2.42. The van der Waals surface area contributed by atoms with Crippen molar-refractivity contribution in [3.63, 3.8) is 0 Å². The molecule has 26 heavy (non-hydrogen) atoms. The van der Waals surface area contributed by atoms with Gasteiger partial charge >= 0.3 is 0 Å². The van der Waals surface area contributed by atoms with E-state index in [0.717, 1.165) is 18.6 Å². The van der Waals surface area contributed by atoms with Crippen LogP contribution in [0.3, 0.4) is 0 Å². The first-order chi connectivity index (χ1) is 12.1. The second kappa shape index (κ2) is 10.2. The van der Waals surface area contributed by atoms with Crippen molar-refractivity contribution >= 4 is 14.1 Å². The van der Waals surface area contributed by atoms with Gasteiger partial charge < -0.3 is 4.43 Å². The van der Waals surface area contributed by atoms with Crippen molar-refractivity contribution in [2.75, 3.05) is 6.61 Å². The fourth-order valence-corrected chi connectivity index (χ4v) is 9.71. The summed E-state index contributed by atoms with van der Waals surface area (Å²) in [6.45, 7) is 18.6. The maximum atomic E-state index is 11.4. The molecule has 1 aromatic carbocycles. The van der Waals surface area contributed by atoms with Crippen molar-refractivity contribution in [1.29, 1.82) is 0 Å². The van der Waals surface area contributed by atoms with Crippen molar-refractivity contribution in [3.05, 3.63) is 47.5 Å². The Hall–Kier alpha value is -1.19. The van der Waals surface area contributed by atoms with Gasteiger partial charge in [-0.25, -0.2) is 0 Å². The molecule has 1 aromatic rings. The number of hydrogen-bond donors (Lipinski definition) is 0. The zero-order chi connectivity index (χ0) is 19.9. The van der Waals surface area contributed by atoms with Crippen LogP contribution in [0.15, 0.2) is 36.4 Å². The maximum absolute atomic E-state index is 11.4. The summed E-state index contributed by atoms with van der Waals surface area (Å²) >= 11 is 0. The molecule has 0 aliphatic rings. The summed E-state index contributed by atoms with van der Waals surface area (Å²) in [5.41, 5.74) is 3.90.